The van der Waals surface area contributed by atoms with Crippen molar-refractivity contribution in [1.29, 1.82) is 0 Å². The van der Waals surface area contributed by atoms with Crippen LogP contribution in [-0.2, 0) is 11.4 Å². The molecule has 21 heavy (non-hydrogen) atoms. The fourth-order valence-electron chi connectivity index (χ4n) is 1.67. The van der Waals surface area contributed by atoms with Crippen LogP contribution in [0, 0.1) is 5.82 Å². The normalized spacial score (nSPS) is 10.2. The molecule has 0 heterocycles. The first kappa shape index (κ1) is 15.0. The Hall–Kier alpha value is -2.40. The molecule has 0 saturated heterocycles. The van der Waals surface area contributed by atoms with Crippen LogP contribution in [0.25, 0.3) is 0 Å². The smallest absolute Gasteiger partial charge is 0.274 e. The molecule has 2 aromatic carbocycles. The maximum Gasteiger partial charge on any atom is 0.274 e. The average Bonchev–Trinajstić information content (AvgIpc) is 2.52. The molecule has 0 aliphatic carbocycles. The van der Waals surface area contributed by atoms with Crippen molar-refractivity contribution < 1.29 is 18.8 Å². The molecule has 0 aliphatic rings. The molecule has 0 atom stereocenters. The average molecular weight is 289 g/mol. The van der Waals surface area contributed by atoms with E-state index in [4.69, 9.17) is 9.57 Å². The number of amides is 1. The molecular weight excluding hydrogens is 273 g/mol. The standard InChI is InChI=1S/C16H16FNO3/c1-2-21-18-16(19)13-4-3-5-15(10-13)20-11-12-6-8-14(17)9-7-12/h3-10H,2,11H2,1H3,(H,18,19). The molecule has 0 spiro atoms. The molecule has 110 valence electrons. The fourth-order valence-corrected chi connectivity index (χ4v) is 1.67. The molecule has 0 fully saturated rings. The Morgan fingerprint density at radius 2 is 1.95 bits per heavy atom. The van der Waals surface area contributed by atoms with E-state index in [0.29, 0.717) is 24.5 Å². The van der Waals surface area contributed by atoms with Crippen LogP contribution in [0.2, 0.25) is 0 Å². The van der Waals surface area contributed by atoms with Crippen LogP contribution in [-0.4, -0.2) is 12.5 Å². The van der Waals surface area contributed by atoms with Crippen molar-refractivity contribution in [2.75, 3.05) is 6.61 Å². The van der Waals surface area contributed by atoms with Crippen LogP contribution in [0.4, 0.5) is 4.39 Å². The number of hydrogen-bond donors (Lipinski definition) is 1. The fraction of sp³-hybridized carbons (Fsp3) is 0.188. The van der Waals surface area contributed by atoms with Gasteiger partial charge in [-0.3, -0.25) is 9.63 Å². The Labute approximate surface area is 122 Å². The van der Waals surface area contributed by atoms with Gasteiger partial charge in [0.2, 0.25) is 0 Å². The summed E-state index contributed by atoms with van der Waals surface area (Å²) in [6.45, 7) is 2.48. The maximum absolute atomic E-state index is 12.8. The molecule has 0 bridgehead atoms. The van der Waals surface area contributed by atoms with Crippen LogP contribution in [0.5, 0.6) is 5.75 Å². The number of halogens is 1. The van der Waals surface area contributed by atoms with E-state index in [0.717, 1.165) is 5.56 Å². The number of ether oxygens (including phenoxy) is 1. The lowest BCUT2D eigenvalue weighted by molar-refractivity contribution is 0.0364. The lowest BCUT2D eigenvalue weighted by atomic mass is 10.2. The third-order valence-corrected chi connectivity index (χ3v) is 2.72. The second-order valence-electron chi connectivity index (χ2n) is 4.31. The van der Waals surface area contributed by atoms with Gasteiger partial charge >= 0.3 is 0 Å². The minimum Gasteiger partial charge on any atom is -0.489 e. The summed E-state index contributed by atoms with van der Waals surface area (Å²) in [6, 6.07) is 12.8. The van der Waals surface area contributed by atoms with E-state index >= 15 is 0 Å². The predicted molar refractivity (Wildman–Crippen MR) is 76.3 cm³/mol. The molecule has 0 aromatic heterocycles. The Morgan fingerprint density at radius 3 is 2.67 bits per heavy atom. The van der Waals surface area contributed by atoms with E-state index in [-0.39, 0.29) is 11.7 Å². The zero-order chi connectivity index (χ0) is 15.1. The van der Waals surface area contributed by atoms with Gasteiger partial charge in [0.25, 0.3) is 5.91 Å². The highest BCUT2D eigenvalue weighted by atomic mass is 19.1. The first-order chi connectivity index (χ1) is 10.2. The molecule has 2 rings (SSSR count). The number of rotatable bonds is 6. The number of benzene rings is 2. The molecule has 1 amide bonds. The van der Waals surface area contributed by atoms with Gasteiger partial charge in [0.1, 0.15) is 18.2 Å². The number of hydroxylamine groups is 1. The summed E-state index contributed by atoms with van der Waals surface area (Å²) in [5.74, 6) is -0.0547. The van der Waals surface area contributed by atoms with Crippen LogP contribution in [0.15, 0.2) is 48.5 Å². The molecule has 5 heteroatoms. The molecule has 1 N–H and O–H groups in total. The summed E-state index contributed by atoms with van der Waals surface area (Å²) < 4.78 is 18.4. The monoisotopic (exact) mass is 289 g/mol. The molecule has 0 aliphatic heterocycles. The third kappa shape index (κ3) is 4.57. The number of carbonyl (C=O) groups is 1. The summed E-state index contributed by atoms with van der Waals surface area (Å²) in [7, 11) is 0. The molecular formula is C16H16FNO3. The van der Waals surface area contributed by atoms with Gasteiger partial charge in [-0.25, -0.2) is 9.87 Å². The molecule has 4 nitrogen and oxygen atoms in total. The van der Waals surface area contributed by atoms with Crippen LogP contribution in [0.3, 0.4) is 0 Å². The van der Waals surface area contributed by atoms with Crippen molar-refractivity contribution in [1.82, 2.24) is 5.48 Å². The Bertz CT molecular complexity index is 599. The first-order valence-corrected chi connectivity index (χ1v) is 6.58. The van der Waals surface area contributed by atoms with E-state index in [1.807, 2.05) is 0 Å². The van der Waals surface area contributed by atoms with Crippen LogP contribution < -0.4 is 10.2 Å². The zero-order valence-electron chi connectivity index (χ0n) is 11.6. The van der Waals surface area contributed by atoms with Gasteiger partial charge in [-0.1, -0.05) is 18.2 Å². The van der Waals surface area contributed by atoms with E-state index in [9.17, 15) is 9.18 Å². The van der Waals surface area contributed by atoms with Crippen LogP contribution >= 0.6 is 0 Å². The topological polar surface area (TPSA) is 47.6 Å². The summed E-state index contributed by atoms with van der Waals surface area (Å²) in [6.07, 6.45) is 0. The SMILES string of the molecule is CCONC(=O)c1cccc(OCc2ccc(F)cc2)c1. The predicted octanol–water partition coefficient (Wildman–Crippen LogP) is 3.09. The van der Waals surface area contributed by atoms with Gasteiger partial charge in [-0.15, -0.1) is 0 Å². The minimum atomic E-state index is -0.330. The van der Waals surface area contributed by atoms with Crippen molar-refractivity contribution in [3.05, 3.63) is 65.5 Å². The molecule has 0 unspecified atom stereocenters. The van der Waals surface area contributed by atoms with Gasteiger partial charge in [0.05, 0.1) is 6.61 Å². The lowest BCUT2D eigenvalue weighted by Crippen LogP contribution is -2.23. The maximum atomic E-state index is 12.8. The van der Waals surface area contributed by atoms with E-state index in [1.54, 1.807) is 43.3 Å². The van der Waals surface area contributed by atoms with E-state index in [2.05, 4.69) is 5.48 Å². The highest BCUT2D eigenvalue weighted by molar-refractivity contribution is 5.93. The van der Waals surface area contributed by atoms with Gasteiger partial charge in [0.15, 0.2) is 0 Å². The van der Waals surface area contributed by atoms with Gasteiger partial charge in [0, 0.05) is 5.56 Å². The molecule has 0 radical (unpaired) electrons. The third-order valence-electron chi connectivity index (χ3n) is 2.72. The van der Waals surface area contributed by atoms with Crippen molar-refractivity contribution >= 4 is 5.91 Å². The number of carbonyl (C=O) groups excluding carboxylic acids is 1. The van der Waals surface area contributed by atoms with E-state index < -0.39 is 0 Å². The number of nitrogens with one attached hydrogen (secondary N) is 1. The van der Waals surface area contributed by atoms with Crippen LogP contribution in [0.1, 0.15) is 22.8 Å². The molecule has 2 aromatic rings. The summed E-state index contributed by atoms with van der Waals surface area (Å²) in [5.41, 5.74) is 3.61. The Balaban J connectivity index is 1.97. The second-order valence-corrected chi connectivity index (χ2v) is 4.31. The zero-order valence-corrected chi connectivity index (χ0v) is 11.6. The minimum absolute atomic E-state index is 0.284. The second kappa shape index (κ2) is 7.40. The molecule has 0 saturated carbocycles. The highest BCUT2D eigenvalue weighted by Gasteiger charge is 2.06. The highest BCUT2D eigenvalue weighted by Crippen LogP contribution is 2.15. The van der Waals surface area contributed by atoms with Crippen molar-refractivity contribution in [2.24, 2.45) is 0 Å². The Morgan fingerprint density at radius 1 is 1.19 bits per heavy atom. The van der Waals surface area contributed by atoms with Crippen molar-refractivity contribution in [2.45, 2.75) is 13.5 Å². The summed E-state index contributed by atoms with van der Waals surface area (Å²) in [5, 5.41) is 0. The summed E-state index contributed by atoms with van der Waals surface area (Å²) in [4.78, 5) is 16.6. The largest absolute Gasteiger partial charge is 0.489 e. The Kier molecular flexibility index (Phi) is 5.29. The van der Waals surface area contributed by atoms with Gasteiger partial charge in [-0.2, -0.15) is 0 Å². The first-order valence-electron chi connectivity index (χ1n) is 6.58. The quantitative estimate of drug-likeness (QED) is 0.831. The van der Waals surface area contributed by atoms with Crippen molar-refractivity contribution in [3.8, 4) is 5.75 Å². The van der Waals surface area contributed by atoms with Gasteiger partial charge in [-0.05, 0) is 42.8 Å². The van der Waals surface area contributed by atoms with E-state index in [1.165, 1.54) is 12.1 Å². The lowest BCUT2D eigenvalue weighted by Gasteiger charge is -2.08. The number of hydrogen-bond acceptors (Lipinski definition) is 3. The summed E-state index contributed by atoms with van der Waals surface area (Å²) >= 11 is 0. The van der Waals surface area contributed by atoms with Crippen molar-refractivity contribution in [3.63, 3.8) is 0 Å². The van der Waals surface area contributed by atoms with Gasteiger partial charge < -0.3 is 4.74 Å².